The maximum Gasteiger partial charge on any atom is 0.0656 e. The monoisotopic (exact) mass is 216 g/mol. The number of nitriles is 2. The first-order chi connectivity index (χ1) is 7.72. The van der Waals surface area contributed by atoms with Gasteiger partial charge in [-0.1, -0.05) is 12.5 Å². The van der Waals surface area contributed by atoms with E-state index in [0.717, 1.165) is 19.3 Å². The Hall–Kier alpha value is -1.28. The van der Waals surface area contributed by atoms with Crippen LogP contribution in [0.5, 0.6) is 0 Å². The van der Waals surface area contributed by atoms with Crippen LogP contribution < -0.4 is 0 Å². The molecular formula is C14H20N2. The lowest BCUT2D eigenvalue weighted by molar-refractivity contribution is 0.179. The van der Waals surface area contributed by atoms with Crippen LogP contribution in [0.1, 0.15) is 39.0 Å². The molecule has 2 nitrogen and oxygen atoms in total. The first-order valence-corrected chi connectivity index (χ1v) is 6.12. The summed E-state index contributed by atoms with van der Waals surface area (Å²) in [6.45, 7) is 5.90. The van der Waals surface area contributed by atoms with Gasteiger partial charge in [0.1, 0.15) is 0 Å². The SMILES string of the molecule is C=CC1CC(CCC#N)CCC1C(C)C#N. The molecule has 0 aromatic carbocycles. The summed E-state index contributed by atoms with van der Waals surface area (Å²) in [6.07, 6.45) is 7.07. The molecule has 1 aliphatic carbocycles. The van der Waals surface area contributed by atoms with E-state index in [-0.39, 0.29) is 5.92 Å². The predicted molar refractivity (Wildman–Crippen MR) is 64.1 cm³/mol. The molecule has 16 heavy (non-hydrogen) atoms. The lowest BCUT2D eigenvalue weighted by Gasteiger charge is -2.35. The Morgan fingerprint density at radius 1 is 1.44 bits per heavy atom. The van der Waals surface area contributed by atoms with Gasteiger partial charge >= 0.3 is 0 Å². The Labute approximate surface area is 98.6 Å². The Morgan fingerprint density at radius 3 is 2.75 bits per heavy atom. The van der Waals surface area contributed by atoms with E-state index in [1.807, 2.05) is 13.0 Å². The van der Waals surface area contributed by atoms with Crippen molar-refractivity contribution in [3.63, 3.8) is 0 Å². The van der Waals surface area contributed by atoms with Crippen LogP contribution in [-0.2, 0) is 0 Å². The number of rotatable bonds is 4. The summed E-state index contributed by atoms with van der Waals surface area (Å²) in [6, 6.07) is 4.57. The van der Waals surface area contributed by atoms with Gasteiger partial charge in [-0.15, -0.1) is 6.58 Å². The van der Waals surface area contributed by atoms with E-state index in [1.165, 1.54) is 6.42 Å². The van der Waals surface area contributed by atoms with Crippen LogP contribution in [-0.4, -0.2) is 0 Å². The predicted octanol–water partition coefficient (Wildman–Crippen LogP) is 3.67. The van der Waals surface area contributed by atoms with Crippen molar-refractivity contribution >= 4 is 0 Å². The van der Waals surface area contributed by atoms with Gasteiger partial charge in [-0.3, -0.25) is 0 Å². The molecule has 2 heteroatoms. The van der Waals surface area contributed by atoms with Gasteiger partial charge in [0, 0.05) is 12.3 Å². The van der Waals surface area contributed by atoms with Gasteiger partial charge in [0.15, 0.2) is 0 Å². The number of hydrogen-bond donors (Lipinski definition) is 0. The van der Waals surface area contributed by atoms with Crippen LogP contribution in [0.25, 0.3) is 0 Å². The molecule has 0 heterocycles. The third-order valence-corrected chi connectivity index (χ3v) is 3.88. The molecular weight excluding hydrogens is 196 g/mol. The molecule has 0 spiro atoms. The summed E-state index contributed by atoms with van der Waals surface area (Å²) in [5, 5.41) is 17.6. The lowest BCUT2D eigenvalue weighted by Crippen LogP contribution is -2.27. The molecule has 0 saturated heterocycles. The molecule has 1 fully saturated rings. The van der Waals surface area contributed by atoms with Gasteiger partial charge in [0.25, 0.3) is 0 Å². The van der Waals surface area contributed by atoms with Gasteiger partial charge < -0.3 is 0 Å². The van der Waals surface area contributed by atoms with Crippen molar-refractivity contribution in [2.75, 3.05) is 0 Å². The number of nitrogens with zero attached hydrogens (tertiary/aromatic N) is 2. The van der Waals surface area contributed by atoms with E-state index < -0.39 is 0 Å². The van der Waals surface area contributed by atoms with Crippen LogP contribution in [0, 0.1) is 46.3 Å². The first kappa shape index (κ1) is 12.8. The van der Waals surface area contributed by atoms with Crippen molar-refractivity contribution < 1.29 is 0 Å². The van der Waals surface area contributed by atoms with Crippen molar-refractivity contribution in [2.24, 2.45) is 23.7 Å². The van der Waals surface area contributed by atoms with Gasteiger partial charge in [0.05, 0.1) is 12.1 Å². The smallest absolute Gasteiger partial charge is 0.0656 e. The van der Waals surface area contributed by atoms with Crippen LogP contribution >= 0.6 is 0 Å². The van der Waals surface area contributed by atoms with Gasteiger partial charge in [-0.2, -0.15) is 10.5 Å². The average Bonchev–Trinajstić information content (AvgIpc) is 2.34. The van der Waals surface area contributed by atoms with E-state index in [9.17, 15) is 0 Å². The number of hydrogen-bond acceptors (Lipinski definition) is 2. The van der Waals surface area contributed by atoms with Crippen molar-refractivity contribution in [3.8, 4) is 12.1 Å². The highest BCUT2D eigenvalue weighted by atomic mass is 14.4. The van der Waals surface area contributed by atoms with Crippen molar-refractivity contribution in [2.45, 2.75) is 39.0 Å². The van der Waals surface area contributed by atoms with Crippen LogP contribution in [0.4, 0.5) is 0 Å². The van der Waals surface area contributed by atoms with Crippen molar-refractivity contribution in [1.29, 1.82) is 10.5 Å². The van der Waals surface area contributed by atoms with Crippen LogP contribution in [0.15, 0.2) is 12.7 Å². The third-order valence-electron chi connectivity index (χ3n) is 3.88. The molecule has 4 unspecified atom stereocenters. The maximum absolute atomic E-state index is 8.98. The Balaban J connectivity index is 2.54. The van der Waals surface area contributed by atoms with Gasteiger partial charge in [-0.25, -0.2) is 0 Å². The highest BCUT2D eigenvalue weighted by Crippen LogP contribution is 2.40. The average molecular weight is 216 g/mol. The fourth-order valence-corrected chi connectivity index (χ4v) is 2.84. The summed E-state index contributed by atoms with van der Waals surface area (Å²) in [5.41, 5.74) is 0. The molecule has 1 aliphatic rings. The molecule has 0 aliphatic heterocycles. The Morgan fingerprint density at radius 2 is 2.19 bits per heavy atom. The normalized spacial score (nSPS) is 31.1. The minimum Gasteiger partial charge on any atom is -0.198 e. The fourth-order valence-electron chi connectivity index (χ4n) is 2.84. The van der Waals surface area contributed by atoms with E-state index in [4.69, 9.17) is 10.5 Å². The third kappa shape index (κ3) is 3.11. The van der Waals surface area contributed by atoms with Crippen LogP contribution in [0.2, 0.25) is 0 Å². The summed E-state index contributed by atoms with van der Waals surface area (Å²) in [4.78, 5) is 0. The van der Waals surface area contributed by atoms with Crippen LogP contribution in [0.3, 0.4) is 0 Å². The second-order valence-corrected chi connectivity index (χ2v) is 4.86. The largest absolute Gasteiger partial charge is 0.198 e. The molecule has 0 aromatic rings. The standard InChI is InChI=1S/C14H20N2/c1-3-13-9-12(5-4-8-15)6-7-14(13)11(2)10-16/h3,11-14H,1,4-7,9H2,2H3. The second-order valence-electron chi connectivity index (χ2n) is 4.86. The van der Waals surface area contributed by atoms with Crippen molar-refractivity contribution in [1.82, 2.24) is 0 Å². The first-order valence-electron chi connectivity index (χ1n) is 6.12. The number of allylic oxidation sites excluding steroid dienone is 1. The molecule has 1 rings (SSSR count). The zero-order chi connectivity index (χ0) is 12.0. The van der Waals surface area contributed by atoms with E-state index in [0.29, 0.717) is 24.2 Å². The lowest BCUT2D eigenvalue weighted by atomic mass is 9.69. The summed E-state index contributed by atoms with van der Waals surface area (Å²) in [7, 11) is 0. The molecule has 0 N–H and O–H groups in total. The van der Waals surface area contributed by atoms with E-state index in [2.05, 4.69) is 18.7 Å². The van der Waals surface area contributed by atoms with Gasteiger partial charge in [-0.05, 0) is 43.9 Å². The zero-order valence-corrected chi connectivity index (χ0v) is 10.0. The Bertz CT molecular complexity index is 308. The molecule has 0 radical (unpaired) electrons. The second kappa shape index (κ2) is 6.33. The molecule has 0 aromatic heterocycles. The van der Waals surface area contributed by atoms with Crippen molar-refractivity contribution in [3.05, 3.63) is 12.7 Å². The molecule has 0 amide bonds. The van der Waals surface area contributed by atoms with E-state index in [1.54, 1.807) is 0 Å². The van der Waals surface area contributed by atoms with E-state index >= 15 is 0 Å². The molecule has 0 bridgehead atoms. The molecule has 1 saturated carbocycles. The minimum absolute atomic E-state index is 0.125. The molecule has 86 valence electrons. The summed E-state index contributed by atoms with van der Waals surface area (Å²) < 4.78 is 0. The minimum atomic E-state index is 0.125. The summed E-state index contributed by atoms with van der Waals surface area (Å²) >= 11 is 0. The molecule has 4 atom stereocenters. The highest BCUT2D eigenvalue weighted by molar-refractivity contribution is 4.97. The quantitative estimate of drug-likeness (QED) is 0.673. The maximum atomic E-state index is 8.98. The zero-order valence-electron chi connectivity index (χ0n) is 10.0. The summed E-state index contributed by atoms with van der Waals surface area (Å²) in [5.74, 6) is 1.72. The van der Waals surface area contributed by atoms with Gasteiger partial charge in [0.2, 0.25) is 0 Å². The Kier molecular flexibility index (Phi) is 5.06. The highest BCUT2D eigenvalue weighted by Gasteiger charge is 2.31. The topological polar surface area (TPSA) is 47.6 Å². The fraction of sp³-hybridized carbons (Fsp3) is 0.714.